The Morgan fingerprint density at radius 2 is 1.12 bits per heavy atom. The number of rotatable bonds is 5. The summed E-state index contributed by atoms with van der Waals surface area (Å²) < 4.78 is 1.46. The second kappa shape index (κ2) is 8.13. The molecule has 0 aliphatic heterocycles. The molecule has 0 saturated heterocycles. The van der Waals surface area contributed by atoms with Crippen molar-refractivity contribution >= 4 is 31.9 Å². The Bertz CT molecular complexity index is 703. The van der Waals surface area contributed by atoms with Crippen LogP contribution in [0.2, 0.25) is 0 Å². The molecule has 0 aliphatic carbocycles. The molecule has 0 heterocycles. The standard InChI is InChI=1S/C21H26Br2O2/c1-6-15(13-7-16(11(2)3)20(24)18(22)9-13)14-8-17(12(4)5)21(25)19(23)10-14/h7-12,15,24-25H,6H2,1-5H3. The SMILES string of the molecule is CCC(c1cc(Br)c(O)c(C(C)C)c1)c1cc(Br)c(O)c(C(C)C)c1. The molecule has 25 heavy (non-hydrogen) atoms. The average molecular weight is 470 g/mol. The van der Waals surface area contributed by atoms with Gasteiger partial charge in [0, 0.05) is 5.92 Å². The molecule has 0 amide bonds. The van der Waals surface area contributed by atoms with Gasteiger partial charge in [0.25, 0.3) is 0 Å². The number of hydrogen-bond donors (Lipinski definition) is 2. The van der Waals surface area contributed by atoms with E-state index >= 15 is 0 Å². The number of hydrogen-bond acceptors (Lipinski definition) is 2. The number of aromatic hydroxyl groups is 2. The second-order valence-electron chi connectivity index (χ2n) is 7.15. The van der Waals surface area contributed by atoms with Crippen LogP contribution in [-0.2, 0) is 0 Å². The lowest BCUT2D eigenvalue weighted by Gasteiger charge is -2.22. The summed E-state index contributed by atoms with van der Waals surface area (Å²) in [5, 5.41) is 20.7. The molecule has 0 fully saturated rings. The van der Waals surface area contributed by atoms with E-state index in [1.54, 1.807) is 0 Å². The summed E-state index contributed by atoms with van der Waals surface area (Å²) in [6.45, 7) is 10.5. The van der Waals surface area contributed by atoms with Crippen molar-refractivity contribution in [2.24, 2.45) is 0 Å². The Balaban J connectivity index is 2.62. The molecule has 0 atom stereocenters. The monoisotopic (exact) mass is 468 g/mol. The third-order valence-corrected chi connectivity index (χ3v) is 5.90. The summed E-state index contributed by atoms with van der Waals surface area (Å²) >= 11 is 7.00. The highest BCUT2D eigenvalue weighted by Gasteiger charge is 2.20. The van der Waals surface area contributed by atoms with Gasteiger partial charge in [0.2, 0.25) is 0 Å². The van der Waals surface area contributed by atoms with Crippen molar-refractivity contribution in [2.45, 2.75) is 58.8 Å². The fourth-order valence-electron chi connectivity index (χ4n) is 3.23. The molecule has 2 aromatic rings. The summed E-state index contributed by atoms with van der Waals surface area (Å²) in [4.78, 5) is 0. The van der Waals surface area contributed by atoms with Gasteiger partial charge >= 0.3 is 0 Å². The summed E-state index contributed by atoms with van der Waals surface area (Å²) in [7, 11) is 0. The van der Waals surface area contributed by atoms with Crippen LogP contribution in [0.4, 0.5) is 0 Å². The van der Waals surface area contributed by atoms with E-state index in [1.165, 1.54) is 11.1 Å². The van der Waals surface area contributed by atoms with Crippen molar-refractivity contribution < 1.29 is 10.2 Å². The molecule has 0 saturated carbocycles. The summed E-state index contributed by atoms with van der Waals surface area (Å²) in [6.07, 6.45) is 0.934. The van der Waals surface area contributed by atoms with Gasteiger partial charge in [0.05, 0.1) is 8.95 Å². The molecule has 4 heteroatoms. The van der Waals surface area contributed by atoms with Crippen LogP contribution in [0, 0.1) is 0 Å². The molecule has 0 aromatic heterocycles. The smallest absolute Gasteiger partial charge is 0.133 e. The van der Waals surface area contributed by atoms with E-state index in [9.17, 15) is 10.2 Å². The Morgan fingerprint density at radius 3 is 1.40 bits per heavy atom. The first-order chi connectivity index (χ1) is 11.7. The van der Waals surface area contributed by atoms with E-state index in [-0.39, 0.29) is 17.8 Å². The summed E-state index contributed by atoms with van der Waals surface area (Å²) in [6, 6.07) is 8.22. The molecular weight excluding hydrogens is 444 g/mol. The number of phenolic OH excluding ortho intramolecular Hbond substituents is 2. The zero-order chi connectivity index (χ0) is 18.9. The van der Waals surface area contributed by atoms with E-state index in [0.717, 1.165) is 26.5 Å². The average Bonchev–Trinajstić information content (AvgIpc) is 2.53. The van der Waals surface area contributed by atoms with Gasteiger partial charge < -0.3 is 10.2 Å². The number of phenols is 2. The number of benzene rings is 2. The molecular formula is C21H26Br2O2. The van der Waals surface area contributed by atoms with Crippen molar-refractivity contribution in [1.29, 1.82) is 0 Å². The zero-order valence-corrected chi connectivity index (χ0v) is 18.6. The topological polar surface area (TPSA) is 40.5 Å². The Hall–Kier alpha value is -1.00. The normalized spacial score (nSPS) is 11.8. The van der Waals surface area contributed by atoms with E-state index < -0.39 is 0 Å². The molecule has 0 spiro atoms. The molecule has 2 nitrogen and oxygen atoms in total. The number of halogens is 2. The quantitative estimate of drug-likeness (QED) is 0.478. The van der Waals surface area contributed by atoms with Gasteiger partial charge in [-0.05, 0) is 84.5 Å². The van der Waals surface area contributed by atoms with Gasteiger partial charge in [-0.3, -0.25) is 0 Å². The molecule has 136 valence electrons. The first kappa shape index (κ1) is 20.3. The third-order valence-electron chi connectivity index (χ3n) is 4.69. The van der Waals surface area contributed by atoms with Crippen molar-refractivity contribution in [3.8, 4) is 11.5 Å². The van der Waals surface area contributed by atoms with Crippen LogP contribution in [-0.4, -0.2) is 10.2 Å². The molecule has 0 aliphatic rings. The van der Waals surface area contributed by atoms with Crippen LogP contribution in [0.1, 0.15) is 81.0 Å². The Kier molecular flexibility index (Phi) is 6.61. The van der Waals surface area contributed by atoms with Gasteiger partial charge in [-0.1, -0.05) is 46.8 Å². The lowest BCUT2D eigenvalue weighted by molar-refractivity contribution is 0.460. The first-order valence-electron chi connectivity index (χ1n) is 8.71. The fraction of sp³-hybridized carbons (Fsp3) is 0.429. The van der Waals surface area contributed by atoms with E-state index in [1.807, 2.05) is 12.1 Å². The van der Waals surface area contributed by atoms with Crippen molar-refractivity contribution in [1.82, 2.24) is 0 Å². The van der Waals surface area contributed by atoms with Gasteiger partial charge in [-0.25, -0.2) is 0 Å². The van der Waals surface area contributed by atoms with Gasteiger partial charge in [0.1, 0.15) is 11.5 Å². The zero-order valence-electron chi connectivity index (χ0n) is 15.4. The summed E-state index contributed by atoms with van der Waals surface area (Å²) in [5.74, 6) is 1.33. The fourth-order valence-corrected chi connectivity index (χ4v) is 4.22. The lowest BCUT2D eigenvalue weighted by atomic mass is 9.85. The maximum atomic E-state index is 10.3. The Morgan fingerprint density at radius 1 is 0.760 bits per heavy atom. The highest BCUT2D eigenvalue weighted by Crippen LogP contribution is 2.42. The highest BCUT2D eigenvalue weighted by molar-refractivity contribution is 9.10. The van der Waals surface area contributed by atoms with E-state index in [4.69, 9.17) is 0 Å². The minimum absolute atomic E-state index is 0.198. The Labute approximate surface area is 167 Å². The van der Waals surface area contributed by atoms with Crippen LogP contribution < -0.4 is 0 Å². The van der Waals surface area contributed by atoms with Gasteiger partial charge in [0.15, 0.2) is 0 Å². The predicted molar refractivity (Wildman–Crippen MR) is 112 cm³/mol. The predicted octanol–water partition coefficient (Wildman–Crippen LogP) is 7.41. The third kappa shape index (κ3) is 4.22. The van der Waals surface area contributed by atoms with Crippen LogP contribution in [0.5, 0.6) is 11.5 Å². The van der Waals surface area contributed by atoms with E-state index in [2.05, 4.69) is 78.6 Å². The van der Waals surface area contributed by atoms with Crippen LogP contribution in [0.25, 0.3) is 0 Å². The minimum Gasteiger partial charge on any atom is -0.506 e. The summed E-state index contributed by atoms with van der Waals surface area (Å²) in [5.41, 5.74) is 4.24. The van der Waals surface area contributed by atoms with Crippen molar-refractivity contribution in [3.05, 3.63) is 55.5 Å². The maximum absolute atomic E-state index is 10.3. The molecule has 2 N–H and O–H groups in total. The van der Waals surface area contributed by atoms with Crippen molar-refractivity contribution in [3.63, 3.8) is 0 Å². The minimum atomic E-state index is 0.198. The van der Waals surface area contributed by atoms with Crippen LogP contribution in [0.3, 0.4) is 0 Å². The van der Waals surface area contributed by atoms with E-state index in [0.29, 0.717) is 11.5 Å². The van der Waals surface area contributed by atoms with Crippen molar-refractivity contribution in [2.75, 3.05) is 0 Å². The molecule has 0 radical (unpaired) electrons. The molecule has 2 rings (SSSR count). The molecule has 0 unspecified atom stereocenters. The van der Waals surface area contributed by atoms with Gasteiger partial charge in [-0.15, -0.1) is 0 Å². The molecule has 2 aromatic carbocycles. The molecule has 0 bridgehead atoms. The largest absolute Gasteiger partial charge is 0.506 e. The highest BCUT2D eigenvalue weighted by atomic mass is 79.9. The first-order valence-corrected chi connectivity index (χ1v) is 10.3. The van der Waals surface area contributed by atoms with Gasteiger partial charge in [-0.2, -0.15) is 0 Å². The maximum Gasteiger partial charge on any atom is 0.133 e. The van der Waals surface area contributed by atoms with Crippen LogP contribution in [0.15, 0.2) is 33.2 Å². The second-order valence-corrected chi connectivity index (χ2v) is 8.86. The lowest BCUT2D eigenvalue weighted by Crippen LogP contribution is -2.04. The van der Waals surface area contributed by atoms with Crippen LogP contribution >= 0.6 is 31.9 Å².